The number of amides is 1. The van der Waals surface area contributed by atoms with Gasteiger partial charge in [0.25, 0.3) is 5.91 Å². The quantitative estimate of drug-likeness (QED) is 0.738. The van der Waals surface area contributed by atoms with Gasteiger partial charge in [0, 0.05) is 42.7 Å². The second kappa shape index (κ2) is 6.54. The van der Waals surface area contributed by atoms with Crippen molar-refractivity contribution in [2.45, 2.75) is 18.8 Å². The second-order valence-corrected chi connectivity index (χ2v) is 6.13. The number of hydrogen-bond donors (Lipinski definition) is 3. The lowest BCUT2D eigenvalue weighted by Gasteiger charge is -2.20. The molecule has 1 aliphatic heterocycles. The Kier molecular flexibility index (Phi) is 4.46. The first-order chi connectivity index (χ1) is 11.5. The molecule has 1 fully saturated rings. The van der Waals surface area contributed by atoms with Gasteiger partial charge in [0.15, 0.2) is 5.78 Å². The second-order valence-electron chi connectivity index (χ2n) is 6.13. The first-order valence-electron chi connectivity index (χ1n) is 7.87. The zero-order valence-corrected chi connectivity index (χ0v) is 13.2. The van der Waals surface area contributed by atoms with Crippen molar-refractivity contribution in [1.82, 2.24) is 15.0 Å². The van der Waals surface area contributed by atoms with Crippen molar-refractivity contribution in [3.8, 4) is 0 Å². The summed E-state index contributed by atoms with van der Waals surface area (Å²) in [5, 5.41) is 12.1. The fourth-order valence-electron chi connectivity index (χ4n) is 3.40. The van der Waals surface area contributed by atoms with E-state index in [9.17, 15) is 14.8 Å². The molecule has 2 aromatic heterocycles. The molecule has 126 valence electrons. The summed E-state index contributed by atoms with van der Waals surface area (Å²) in [4.78, 5) is 31.0. The molecule has 0 aromatic carbocycles. The summed E-state index contributed by atoms with van der Waals surface area (Å²) in [6.45, 7) is 4.36. The normalized spacial score (nSPS) is 22.2. The third-order valence-corrected chi connectivity index (χ3v) is 4.62. The maximum absolute atomic E-state index is 12.1. The Morgan fingerprint density at radius 2 is 2.29 bits per heavy atom. The fourth-order valence-corrected chi connectivity index (χ4v) is 3.40. The van der Waals surface area contributed by atoms with Crippen molar-refractivity contribution < 1.29 is 14.8 Å². The molecule has 0 spiro atoms. The molecule has 0 aliphatic carbocycles. The topological polar surface area (TPSA) is 112 Å². The molecule has 1 saturated heterocycles. The van der Waals surface area contributed by atoms with Crippen LogP contribution >= 0.6 is 0 Å². The van der Waals surface area contributed by atoms with E-state index in [1.807, 2.05) is 6.07 Å². The Morgan fingerprint density at radius 1 is 1.50 bits per heavy atom. The van der Waals surface area contributed by atoms with Crippen LogP contribution in [0.5, 0.6) is 0 Å². The third-order valence-electron chi connectivity index (χ3n) is 4.62. The number of aromatic nitrogens is 2. The number of nitrogens with two attached hydrogens (primary N) is 1. The molecule has 2 atom stereocenters. The number of carbonyl (C=O) groups is 2. The molecule has 0 radical (unpaired) electrons. The van der Waals surface area contributed by atoms with E-state index in [2.05, 4.69) is 16.5 Å². The fraction of sp³-hybridized carbons (Fsp3) is 0.353. The van der Waals surface area contributed by atoms with Crippen LogP contribution in [0.3, 0.4) is 0 Å². The summed E-state index contributed by atoms with van der Waals surface area (Å²) in [6, 6.07) is 1.83. The minimum Gasteiger partial charge on any atom is -0.365 e. The number of nitrogens with one attached hydrogen (secondary N) is 1. The zero-order valence-electron chi connectivity index (χ0n) is 13.2. The largest absolute Gasteiger partial charge is 0.365 e. The van der Waals surface area contributed by atoms with E-state index in [1.54, 1.807) is 6.20 Å². The molecule has 3 rings (SSSR count). The maximum Gasteiger partial charge on any atom is 0.252 e. The van der Waals surface area contributed by atoms with Crippen molar-refractivity contribution in [2.75, 3.05) is 13.1 Å². The minimum atomic E-state index is -0.550. The number of pyridine rings is 1. The van der Waals surface area contributed by atoms with Gasteiger partial charge in [-0.15, -0.1) is 0 Å². The Morgan fingerprint density at radius 3 is 3.00 bits per heavy atom. The molecule has 7 heteroatoms. The van der Waals surface area contributed by atoms with Gasteiger partial charge in [0.2, 0.25) is 0 Å². The molecule has 0 bridgehead atoms. The number of carbonyl (C=O) groups excluding carboxylic acids is 2. The van der Waals surface area contributed by atoms with E-state index < -0.39 is 5.91 Å². The van der Waals surface area contributed by atoms with Gasteiger partial charge in [0.1, 0.15) is 0 Å². The first-order valence-corrected chi connectivity index (χ1v) is 7.87. The number of aromatic amines is 1. The highest BCUT2D eigenvalue weighted by Crippen LogP contribution is 2.33. The van der Waals surface area contributed by atoms with Gasteiger partial charge in [-0.25, -0.2) is 0 Å². The third kappa shape index (κ3) is 2.95. The lowest BCUT2D eigenvalue weighted by atomic mass is 9.87. The van der Waals surface area contributed by atoms with Crippen LogP contribution in [0.1, 0.15) is 34.8 Å². The molecule has 2 aromatic rings. The van der Waals surface area contributed by atoms with E-state index in [-0.39, 0.29) is 17.6 Å². The molecule has 0 unspecified atom stereocenters. The van der Waals surface area contributed by atoms with Crippen molar-refractivity contribution in [2.24, 2.45) is 11.7 Å². The van der Waals surface area contributed by atoms with E-state index in [0.29, 0.717) is 37.0 Å². The molecule has 4 N–H and O–H groups in total. The van der Waals surface area contributed by atoms with Crippen LogP contribution in [-0.2, 0) is 4.79 Å². The number of primary amides is 1. The average molecular weight is 328 g/mol. The van der Waals surface area contributed by atoms with E-state index >= 15 is 0 Å². The molecule has 1 aliphatic rings. The monoisotopic (exact) mass is 328 g/mol. The maximum atomic E-state index is 12.1. The van der Waals surface area contributed by atoms with Crippen LogP contribution < -0.4 is 5.73 Å². The summed E-state index contributed by atoms with van der Waals surface area (Å²) in [7, 11) is 0. The Bertz CT molecular complexity index is 798. The number of hydrogen-bond acceptors (Lipinski definition) is 5. The highest BCUT2D eigenvalue weighted by molar-refractivity contribution is 6.05. The molecule has 1 amide bonds. The van der Waals surface area contributed by atoms with Crippen LogP contribution in [0.15, 0.2) is 31.1 Å². The summed E-state index contributed by atoms with van der Waals surface area (Å²) in [6.07, 6.45) is 5.67. The molecular weight excluding hydrogens is 308 g/mol. The first kappa shape index (κ1) is 16.4. The van der Waals surface area contributed by atoms with Crippen molar-refractivity contribution in [3.05, 3.63) is 42.4 Å². The molecule has 3 heterocycles. The lowest BCUT2D eigenvalue weighted by molar-refractivity contribution is -0.119. The number of nitrogens with zero attached hydrogens (tertiary/aromatic N) is 2. The van der Waals surface area contributed by atoms with Crippen molar-refractivity contribution in [1.29, 1.82) is 0 Å². The van der Waals surface area contributed by atoms with Gasteiger partial charge in [-0.05, 0) is 25.0 Å². The molecule has 7 nitrogen and oxygen atoms in total. The van der Waals surface area contributed by atoms with Gasteiger partial charge in [-0.1, -0.05) is 6.58 Å². The van der Waals surface area contributed by atoms with Gasteiger partial charge in [0.05, 0.1) is 16.8 Å². The predicted octanol–water partition coefficient (Wildman–Crippen LogP) is 1.60. The van der Waals surface area contributed by atoms with E-state index in [0.717, 1.165) is 11.1 Å². The zero-order chi connectivity index (χ0) is 17.3. The van der Waals surface area contributed by atoms with Gasteiger partial charge in [-0.3, -0.25) is 14.6 Å². The summed E-state index contributed by atoms with van der Waals surface area (Å²) in [5.41, 5.74) is 7.10. The van der Waals surface area contributed by atoms with Crippen LogP contribution in [-0.4, -0.2) is 45.0 Å². The molecule has 0 saturated carbocycles. The van der Waals surface area contributed by atoms with Crippen molar-refractivity contribution >= 4 is 22.6 Å². The SMILES string of the molecule is C=CC(=O)[C@H]1CCN(O)C[C@H](c2ncc(C(N)=O)c3[nH]ccc23)C1. The number of fused-ring (bicyclic) bond motifs is 1. The number of rotatable bonds is 4. The lowest BCUT2D eigenvalue weighted by Crippen LogP contribution is -2.24. The highest BCUT2D eigenvalue weighted by atomic mass is 16.5. The Hall–Kier alpha value is -2.51. The summed E-state index contributed by atoms with van der Waals surface area (Å²) < 4.78 is 0. The van der Waals surface area contributed by atoms with Gasteiger partial charge < -0.3 is 15.9 Å². The smallest absolute Gasteiger partial charge is 0.252 e. The van der Waals surface area contributed by atoms with Gasteiger partial charge >= 0.3 is 0 Å². The highest BCUT2D eigenvalue weighted by Gasteiger charge is 2.30. The Labute approximate surface area is 139 Å². The minimum absolute atomic E-state index is 0.0191. The number of hydroxylamine groups is 2. The number of ketones is 1. The Balaban J connectivity index is 2.03. The van der Waals surface area contributed by atoms with E-state index in [1.165, 1.54) is 17.3 Å². The van der Waals surface area contributed by atoms with Crippen LogP contribution in [0, 0.1) is 5.92 Å². The van der Waals surface area contributed by atoms with E-state index in [4.69, 9.17) is 5.73 Å². The summed E-state index contributed by atoms with van der Waals surface area (Å²) in [5.74, 6) is -0.900. The standard InChI is InChI=1S/C17H20N4O3/c1-2-14(22)10-4-6-21(24)9-11(7-10)15-12-3-5-19-16(12)13(8-20-15)17(18)23/h2-3,5,8,10-11,19,24H,1,4,6-7,9H2,(H2,18,23)/t10-,11+/m0/s1. The van der Waals surface area contributed by atoms with Crippen LogP contribution in [0.2, 0.25) is 0 Å². The number of allylic oxidation sites excluding steroid dienone is 1. The van der Waals surface area contributed by atoms with Gasteiger partial charge in [-0.2, -0.15) is 5.06 Å². The average Bonchev–Trinajstić information content (AvgIpc) is 2.97. The van der Waals surface area contributed by atoms with Crippen molar-refractivity contribution in [3.63, 3.8) is 0 Å². The predicted molar refractivity (Wildman–Crippen MR) is 88.6 cm³/mol. The molecular formula is C17H20N4O3. The molecule has 24 heavy (non-hydrogen) atoms. The van der Waals surface area contributed by atoms with Crippen LogP contribution in [0.25, 0.3) is 10.9 Å². The summed E-state index contributed by atoms with van der Waals surface area (Å²) >= 11 is 0. The number of H-pyrrole nitrogens is 1. The van der Waals surface area contributed by atoms with Crippen LogP contribution in [0.4, 0.5) is 0 Å².